The average Bonchev–Trinajstić information content (AvgIpc) is 3.19. The summed E-state index contributed by atoms with van der Waals surface area (Å²) in [4.78, 5) is 17.3. The minimum absolute atomic E-state index is 0.172. The highest BCUT2D eigenvalue weighted by atomic mass is 35.5. The number of aromatic nitrogens is 4. The quantitative estimate of drug-likeness (QED) is 0.559. The van der Waals surface area contributed by atoms with Crippen LogP contribution in [0.15, 0.2) is 45.7 Å². The van der Waals surface area contributed by atoms with Gasteiger partial charge in [0.1, 0.15) is 0 Å². The van der Waals surface area contributed by atoms with Gasteiger partial charge in [-0.3, -0.25) is 8.97 Å². The summed E-state index contributed by atoms with van der Waals surface area (Å²) in [5.41, 5.74) is 5.63. The van der Waals surface area contributed by atoms with E-state index in [-0.39, 0.29) is 28.8 Å². The van der Waals surface area contributed by atoms with E-state index in [2.05, 4.69) is 4.98 Å². The van der Waals surface area contributed by atoms with E-state index < -0.39 is 15.7 Å². The molecule has 3 aromatic heterocycles. The molecule has 0 fully saturated rings. The standard InChI is InChI=1S/C14H12ClN5O3S2/c15-11-12(19-7-8-24-13(19)17-11)25(22,23)20-10-4-2-1-3-9(10)18(6-5-16)14(20)21/h1-4,7-8H,5-6,16H2. The molecule has 4 rings (SSSR count). The summed E-state index contributed by atoms with van der Waals surface area (Å²) in [6.07, 6.45) is 1.55. The van der Waals surface area contributed by atoms with Gasteiger partial charge in [-0.25, -0.2) is 9.78 Å². The number of nitrogens with two attached hydrogens (primary N) is 1. The lowest BCUT2D eigenvalue weighted by molar-refractivity contribution is 0.579. The molecule has 0 aliphatic carbocycles. The number of halogens is 1. The molecule has 11 heteroatoms. The molecular weight excluding hydrogens is 386 g/mol. The van der Waals surface area contributed by atoms with Crippen LogP contribution in [0.25, 0.3) is 16.0 Å². The first-order valence-corrected chi connectivity index (χ1v) is 9.93. The normalized spacial score (nSPS) is 12.4. The van der Waals surface area contributed by atoms with E-state index in [9.17, 15) is 13.2 Å². The summed E-state index contributed by atoms with van der Waals surface area (Å²) in [6.45, 7) is 0.409. The summed E-state index contributed by atoms with van der Waals surface area (Å²) in [6, 6.07) is 6.64. The molecule has 0 saturated carbocycles. The fourth-order valence-corrected chi connectivity index (χ4v) is 5.64. The number of imidazole rings is 2. The van der Waals surface area contributed by atoms with Crippen molar-refractivity contribution in [2.45, 2.75) is 11.6 Å². The lowest BCUT2D eigenvalue weighted by Crippen LogP contribution is -2.31. The Hall–Kier alpha value is -2.14. The lowest BCUT2D eigenvalue weighted by atomic mass is 10.3. The second-order valence-corrected chi connectivity index (χ2v) is 8.18. The van der Waals surface area contributed by atoms with Crippen LogP contribution < -0.4 is 11.4 Å². The second-order valence-electron chi connectivity index (χ2n) is 5.24. The third-order valence-electron chi connectivity index (χ3n) is 3.81. The molecule has 0 atom stereocenters. The first-order chi connectivity index (χ1) is 12.0. The zero-order chi connectivity index (χ0) is 17.8. The predicted molar refractivity (Wildman–Crippen MR) is 95.9 cm³/mol. The van der Waals surface area contributed by atoms with Gasteiger partial charge in [-0.2, -0.15) is 12.4 Å². The maximum atomic E-state index is 13.3. The molecule has 0 aliphatic heterocycles. The average molecular weight is 398 g/mol. The van der Waals surface area contributed by atoms with Crippen LogP contribution in [0.4, 0.5) is 0 Å². The molecular formula is C14H12ClN5O3S2. The largest absolute Gasteiger partial charge is 0.343 e. The van der Waals surface area contributed by atoms with Crippen molar-refractivity contribution in [1.29, 1.82) is 0 Å². The topological polar surface area (TPSA) is 104 Å². The van der Waals surface area contributed by atoms with Gasteiger partial charge < -0.3 is 5.73 Å². The number of rotatable bonds is 4. The molecule has 3 heterocycles. The van der Waals surface area contributed by atoms with Crippen molar-refractivity contribution in [3.05, 3.63) is 51.5 Å². The Balaban J connectivity index is 2.11. The molecule has 0 saturated heterocycles. The Kier molecular flexibility index (Phi) is 3.72. The lowest BCUT2D eigenvalue weighted by Gasteiger charge is -2.05. The van der Waals surface area contributed by atoms with Gasteiger partial charge in [0.05, 0.1) is 11.0 Å². The molecule has 0 radical (unpaired) electrons. The highest BCUT2D eigenvalue weighted by Crippen LogP contribution is 2.28. The summed E-state index contributed by atoms with van der Waals surface area (Å²) >= 11 is 7.32. The van der Waals surface area contributed by atoms with Crippen LogP contribution >= 0.6 is 22.9 Å². The Morgan fingerprint density at radius 3 is 2.68 bits per heavy atom. The Labute approximate surface area is 150 Å². The molecule has 0 amide bonds. The van der Waals surface area contributed by atoms with Gasteiger partial charge in [0.15, 0.2) is 10.1 Å². The van der Waals surface area contributed by atoms with Crippen LogP contribution in [0.5, 0.6) is 0 Å². The van der Waals surface area contributed by atoms with Crippen LogP contribution in [0.2, 0.25) is 5.15 Å². The molecule has 130 valence electrons. The second kappa shape index (κ2) is 5.70. The Morgan fingerprint density at radius 2 is 1.96 bits per heavy atom. The third kappa shape index (κ3) is 2.25. The van der Waals surface area contributed by atoms with Crippen molar-refractivity contribution < 1.29 is 8.42 Å². The molecule has 0 aliphatic rings. The predicted octanol–water partition coefficient (Wildman–Crippen LogP) is 1.36. The molecule has 4 aromatic rings. The fraction of sp³-hybridized carbons (Fsp3) is 0.143. The van der Waals surface area contributed by atoms with Gasteiger partial charge >= 0.3 is 5.69 Å². The molecule has 2 N–H and O–H groups in total. The van der Waals surface area contributed by atoms with Crippen molar-refractivity contribution >= 4 is 49.0 Å². The van der Waals surface area contributed by atoms with Crippen molar-refractivity contribution in [2.24, 2.45) is 5.73 Å². The van der Waals surface area contributed by atoms with E-state index in [1.165, 1.54) is 20.3 Å². The Bertz CT molecular complexity index is 1260. The van der Waals surface area contributed by atoms with Crippen LogP contribution in [0.1, 0.15) is 0 Å². The molecule has 25 heavy (non-hydrogen) atoms. The smallest absolute Gasteiger partial charge is 0.329 e. The summed E-state index contributed by atoms with van der Waals surface area (Å²) in [5.74, 6) is 0. The van der Waals surface area contributed by atoms with Gasteiger partial charge in [-0.05, 0) is 12.1 Å². The summed E-state index contributed by atoms with van der Waals surface area (Å²) < 4.78 is 30.0. The number of fused-ring (bicyclic) bond motifs is 2. The fourth-order valence-electron chi connectivity index (χ4n) is 2.81. The minimum atomic E-state index is -4.26. The van der Waals surface area contributed by atoms with Gasteiger partial charge in [0.2, 0.25) is 5.03 Å². The van der Waals surface area contributed by atoms with E-state index in [1.807, 2.05) is 0 Å². The number of hydrogen-bond acceptors (Lipinski definition) is 6. The maximum absolute atomic E-state index is 13.3. The SMILES string of the molecule is NCCn1c(=O)n(S(=O)(=O)c2c(Cl)nc3sccn23)c2ccccc21. The van der Waals surface area contributed by atoms with Gasteiger partial charge in [-0.1, -0.05) is 23.7 Å². The monoisotopic (exact) mass is 397 g/mol. The van der Waals surface area contributed by atoms with E-state index in [0.29, 0.717) is 10.5 Å². The zero-order valence-electron chi connectivity index (χ0n) is 12.7. The molecule has 0 spiro atoms. The van der Waals surface area contributed by atoms with Crippen molar-refractivity contribution in [2.75, 3.05) is 6.54 Å². The molecule has 8 nitrogen and oxygen atoms in total. The summed E-state index contributed by atoms with van der Waals surface area (Å²) in [7, 11) is -4.26. The number of thiazole rings is 1. The van der Waals surface area contributed by atoms with Crippen molar-refractivity contribution in [3.63, 3.8) is 0 Å². The van der Waals surface area contributed by atoms with Crippen molar-refractivity contribution in [3.8, 4) is 0 Å². The summed E-state index contributed by atoms with van der Waals surface area (Å²) in [5, 5.41) is 1.29. The zero-order valence-corrected chi connectivity index (χ0v) is 15.1. The van der Waals surface area contributed by atoms with Gasteiger partial charge in [0, 0.05) is 24.7 Å². The number of para-hydroxylation sites is 2. The molecule has 0 bridgehead atoms. The van der Waals surface area contributed by atoms with Crippen LogP contribution in [0, 0.1) is 0 Å². The highest BCUT2D eigenvalue weighted by Gasteiger charge is 2.31. The van der Waals surface area contributed by atoms with E-state index in [0.717, 1.165) is 3.97 Å². The molecule has 1 aromatic carbocycles. The van der Waals surface area contributed by atoms with Crippen LogP contribution in [-0.2, 0) is 16.6 Å². The molecule has 0 unspecified atom stereocenters. The van der Waals surface area contributed by atoms with Crippen molar-refractivity contribution in [1.82, 2.24) is 17.9 Å². The van der Waals surface area contributed by atoms with Gasteiger partial charge in [0.25, 0.3) is 10.0 Å². The Morgan fingerprint density at radius 1 is 1.24 bits per heavy atom. The maximum Gasteiger partial charge on any atom is 0.343 e. The van der Waals surface area contributed by atoms with E-state index in [4.69, 9.17) is 17.3 Å². The number of nitrogens with zero attached hydrogens (tertiary/aromatic N) is 4. The minimum Gasteiger partial charge on any atom is -0.329 e. The number of benzene rings is 1. The first-order valence-electron chi connectivity index (χ1n) is 7.24. The first kappa shape index (κ1) is 16.3. The van der Waals surface area contributed by atoms with E-state index >= 15 is 0 Å². The number of hydrogen-bond donors (Lipinski definition) is 1. The third-order valence-corrected chi connectivity index (χ3v) is 6.66. The van der Waals surface area contributed by atoms with E-state index in [1.54, 1.807) is 35.8 Å². The van der Waals surface area contributed by atoms with Gasteiger partial charge in [-0.15, -0.1) is 11.3 Å². The van der Waals surface area contributed by atoms with Crippen LogP contribution in [-0.4, -0.2) is 32.9 Å². The highest BCUT2D eigenvalue weighted by molar-refractivity contribution is 7.90. The van der Waals surface area contributed by atoms with Crippen LogP contribution in [0.3, 0.4) is 0 Å².